The van der Waals surface area contributed by atoms with Crippen molar-refractivity contribution in [1.82, 2.24) is 5.32 Å². The molecule has 1 aliphatic heterocycles. The lowest BCUT2D eigenvalue weighted by Gasteiger charge is -2.09. The monoisotopic (exact) mass is 243 g/mol. The minimum Gasteiger partial charge on any atom is -0.313 e. The van der Waals surface area contributed by atoms with Crippen molar-refractivity contribution in [2.75, 3.05) is 12.3 Å². The predicted molar refractivity (Wildman–Crippen MR) is 63.8 cm³/mol. The van der Waals surface area contributed by atoms with Crippen LogP contribution in [0.3, 0.4) is 0 Å². The first kappa shape index (κ1) is 11.1. The first-order valence-corrected chi connectivity index (χ1v) is 6.83. The third-order valence-electron chi connectivity index (χ3n) is 2.57. The molecule has 1 heterocycles. The Morgan fingerprint density at radius 3 is 3.07 bits per heavy atom. The van der Waals surface area contributed by atoms with Crippen LogP contribution in [0, 0.1) is 0 Å². The lowest BCUT2D eigenvalue weighted by molar-refractivity contribution is 0.643. The van der Waals surface area contributed by atoms with E-state index in [0.29, 0.717) is 16.8 Å². The number of hydrogen-bond donors (Lipinski definition) is 1. The average molecular weight is 244 g/mol. The molecule has 2 unspecified atom stereocenters. The zero-order valence-electron chi connectivity index (χ0n) is 8.41. The Labute approximate surface area is 97.5 Å². The summed E-state index contributed by atoms with van der Waals surface area (Å²) in [5.41, 5.74) is 0. The third kappa shape index (κ3) is 3.03. The van der Waals surface area contributed by atoms with Gasteiger partial charge in [0.15, 0.2) is 0 Å². The van der Waals surface area contributed by atoms with E-state index in [1.807, 2.05) is 12.1 Å². The van der Waals surface area contributed by atoms with Crippen LogP contribution < -0.4 is 5.32 Å². The highest BCUT2D eigenvalue weighted by Crippen LogP contribution is 2.16. The molecule has 1 N–H and O–H groups in total. The second-order valence-electron chi connectivity index (χ2n) is 3.76. The summed E-state index contributed by atoms with van der Waals surface area (Å²) in [4.78, 5) is 0.830. The van der Waals surface area contributed by atoms with Crippen LogP contribution in [-0.4, -0.2) is 22.5 Å². The number of nitrogens with one attached hydrogen (secondary N) is 1. The normalized spacial score (nSPS) is 22.9. The highest BCUT2D eigenvalue weighted by molar-refractivity contribution is 7.85. The molecule has 1 aliphatic rings. The van der Waals surface area contributed by atoms with E-state index in [1.54, 1.807) is 12.1 Å². The molecule has 4 heteroatoms. The SMILES string of the molecule is O=S(CC1CCCN1)c1cccc(Cl)c1. The van der Waals surface area contributed by atoms with E-state index in [4.69, 9.17) is 11.6 Å². The van der Waals surface area contributed by atoms with Crippen LogP contribution in [0.5, 0.6) is 0 Å². The van der Waals surface area contributed by atoms with Gasteiger partial charge in [-0.2, -0.15) is 0 Å². The molecule has 0 radical (unpaired) electrons. The molecule has 0 spiro atoms. The molecule has 2 rings (SSSR count). The lowest BCUT2D eigenvalue weighted by Crippen LogP contribution is -2.27. The number of halogens is 1. The molecule has 1 fully saturated rings. The predicted octanol–water partition coefficient (Wildman–Crippen LogP) is 2.20. The molecule has 0 bridgehead atoms. The molecular formula is C11H14ClNOS. The maximum atomic E-state index is 12.0. The van der Waals surface area contributed by atoms with Gasteiger partial charge in [0.1, 0.15) is 0 Å². The van der Waals surface area contributed by atoms with Gasteiger partial charge in [0.25, 0.3) is 0 Å². The molecule has 82 valence electrons. The Kier molecular flexibility index (Phi) is 3.78. The summed E-state index contributed by atoms with van der Waals surface area (Å²) in [5, 5.41) is 4.00. The summed E-state index contributed by atoms with van der Waals surface area (Å²) in [6.07, 6.45) is 2.32. The summed E-state index contributed by atoms with van der Waals surface area (Å²) in [6, 6.07) is 7.71. The van der Waals surface area contributed by atoms with E-state index in [9.17, 15) is 4.21 Å². The third-order valence-corrected chi connectivity index (χ3v) is 4.29. The van der Waals surface area contributed by atoms with Crippen molar-refractivity contribution in [2.24, 2.45) is 0 Å². The van der Waals surface area contributed by atoms with Crippen molar-refractivity contribution in [3.8, 4) is 0 Å². The van der Waals surface area contributed by atoms with E-state index in [2.05, 4.69) is 5.32 Å². The quantitative estimate of drug-likeness (QED) is 0.882. The van der Waals surface area contributed by atoms with Crippen molar-refractivity contribution in [3.63, 3.8) is 0 Å². The summed E-state index contributed by atoms with van der Waals surface area (Å²) < 4.78 is 12.0. The molecule has 0 aliphatic carbocycles. The first-order valence-electron chi connectivity index (χ1n) is 5.13. The molecule has 1 aromatic carbocycles. The smallest absolute Gasteiger partial charge is 0.0545 e. The van der Waals surface area contributed by atoms with Gasteiger partial charge < -0.3 is 5.32 Å². The highest BCUT2D eigenvalue weighted by Gasteiger charge is 2.17. The Balaban J connectivity index is 2.01. The first-order chi connectivity index (χ1) is 7.25. The van der Waals surface area contributed by atoms with Crippen molar-refractivity contribution in [3.05, 3.63) is 29.3 Å². The van der Waals surface area contributed by atoms with Gasteiger partial charge in [-0.25, -0.2) is 0 Å². The van der Waals surface area contributed by atoms with Crippen molar-refractivity contribution >= 4 is 22.4 Å². The van der Waals surface area contributed by atoms with Gasteiger partial charge in [-0.3, -0.25) is 4.21 Å². The summed E-state index contributed by atoms with van der Waals surface area (Å²) >= 11 is 5.86. The standard InChI is InChI=1S/C11H14ClNOS/c12-9-3-1-5-11(7-9)15(14)8-10-4-2-6-13-10/h1,3,5,7,10,13H,2,4,6,8H2. The minimum atomic E-state index is -0.930. The molecule has 1 aromatic rings. The highest BCUT2D eigenvalue weighted by atomic mass is 35.5. The lowest BCUT2D eigenvalue weighted by atomic mass is 10.3. The van der Waals surface area contributed by atoms with Crippen LogP contribution in [0.4, 0.5) is 0 Å². The topological polar surface area (TPSA) is 29.1 Å². The van der Waals surface area contributed by atoms with E-state index >= 15 is 0 Å². The van der Waals surface area contributed by atoms with E-state index < -0.39 is 10.8 Å². The fourth-order valence-electron chi connectivity index (χ4n) is 1.79. The maximum Gasteiger partial charge on any atom is 0.0545 e. The van der Waals surface area contributed by atoms with Gasteiger partial charge in [0, 0.05) is 21.7 Å². The Bertz CT molecular complexity index is 363. The molecule has 15 heavy (non-hydrogen) atoms. The zero-order chi connectivity index (χ0) is 10.7. The molecule has 1 saturated heterocycles. The van der Waals surface area contributed by atoms with Gasteiger partial charge in [0.05, 0.1) is 10.8 Å². The second kappa shape index (κ2) is 5.10. The van der Waals surface area contributed by atoms with Crippen LogP contribution in [-0.2, 0) is 10.8 Å². The molecule has 0 saturated carbocycles. The van der Waals surface area contributed by atoms with E-state index in [1.165, 1.54) is 6.42 Å². The van der Waals surface area contributed by atoms with Gasteiger partial charge >= 0.3 is 0 Å². The molecule has 0 aromatic heterocycles. The average Bonchev–Trinajstić information content (AvgIpc) is 2.70. The number of hydrogen-bond acceptors (Lipinski definition) is 2. The van der Waals surface area contributed by atoms with Gasteiger partial charge in [-0.05, 0) is 37.6 Å². The van der Waals surface area contributed by atoms with Gasteiger partial charge in [0.2, 0.25) is 0 Å². The van der Waals surface area contributed by atoms with Crippen LogP contribution in [0.2, 0.25) is 5.02 Å². The Hall–Kier alpha value is -0.380. The summed E-state index contributed by atoms with van der Waals surface area (Å²) in [5.74, 6) is 0.695. The van der Waals surface area contributed by atoms with Crippen LogP contribution in [0.15, 0.2) is 29.2 Å². The van der Waals surface area contributed by atoms with Gasteiger partial charge in [-0.15, -0.1) is 0 Å². The van der Waals surface area contributed by atoms with Crippen molar-refractivity contribution < 1.29 is 4.21 Å². The summed E-state index contributed by atoms with van der Waals surface area (Å²) in [6.45, 7) is 1.05. The van der Waals surface area contributed by atoms with Crippen molar-refractivity contribution in [2.45, 2.75) is 23.8 Å². The van der Waals surface area contributed by atoms with Crippen LogP contribution in [0.1, 0.15) is 12.8 Å². The minimum absolute atomic E-state index is 0.407. The van der Waals surface area contributed by atoms with E-state index in [-0.39, 0.29) is 0 Å². The molecule has 0 amide bonds. The van der Waals surface area contributed by atoms with E-state index in [0.717, 1.165) is 17.9 Å². The Morgan fingerprint density at radius 2 is 2.40 bits per heavy atom. The van der Waals surface area contributed by atoms with Gasteiger partial charge in [-0.1, -0.05) is 17.7 Å². The number of rotatable bonds is 3. The fourth-order valence-corrected chi connectivity index (χ4v) is 3.37. The van der Waals surface area contributed by atoms with Crippen molar-refractivity contribution in [1.29, 1.82) is 0 Å². The molecule has 2 nitrogen and oxygen atoms in total. The molecular weight excluding hydrogens is 230 g/mol. The zero-order valence-corrected chi connectivity index (χ0v) is 9.98. The maximum absolute atomic E-state index is 12.0. The second-order valence-corrected chi connectivity index (χ2v) is 5.70. The summed E-state index contributed by atoms with van der Waals surface area (Å²) in [7, 11) is -0.930. The van der Waals surface area contributed by atoms with Crippen LogP contribution in [0.25, 0.3) is 0 Å². The molecule has 2 atom stereocenters. The largest absolute Gasteiger partial charge is 0.313 e. The fraction of sp³-hybridized carbons (Fsp3) is 0.455. The van der Waals surface area contributed by atoms with Crippen LogP contribution >= 0.6 is 11.6 Å². The number of benzene rings is 1. The Morgan fingerprint density at radius 1 is 1.53 bits per heavy atom.